The van der Waals surface area contributed by atoms with Crippen molar-refractivity contribution in [3.05, 3.63) is 52.5 Å². The number of rotatable bonds is 7. The number of thiophene rings is 1. The number of anilines is 1. The molecule has 0 fully saturated rings. The highest BCUT2D eigenvalue weighted by Crippen LogP contribution is 2.39. The molecule has 0 atom stereocenters. The summed E-state index contributed by atoms with van der Waals surface area (Å²) in [5, 5.41) is 12.1. The number of hydrogen-bond donors (Lipinski definition) is 1. The Morgan fingerprint density at radius 3 is 2.77 bits per heavy atom. The largest absolute Gasteiger partial charge is 0.462 e. The molecule has 1 aromatic carbocycles. The number of aryl methyl sites for hydroxylation is 1. The van der Waals surface area contributed by atoms with Crippen molar-refractivity contribution in [2.45, 2.75) is 31.3 Å². The quantitative estimate of drug-likeness (QED) is 0.438. The molecule has 7 nitrogen and oxygen atoms in total. The van der Waals surface area contributed by atoms with Crippen molar-refractivity contribution in [1.29, 1.82) is 0 Å². The molecule has 1 aliphatic carbocycles. The highest BCUT2D eigenvalue weighted by Gasteiger charge is 2.28. The second-order valence-corrected chi connectivity index (χ2v) is 8.66. The molecule has 0 saturated carbocycles. The smallest absolute Gasteiger partial charge is 0.341 e. The summed E-state index contributed by atoms with van der Waals surface area (Å²) in [6.07, 6.45) is 4.45. The van der Waals surface area contributed by atoms with Gasteiger partial charge in [0, 0.05) is 10.4 Å². The van der Waals surface area contributed by atoms with Crippen molar-refractivity contribution in [1.82, 2.24) is 15.2 Å². The first-order valence-electron chi connectivity index (χ1n) is 9.65. The zero-order valence-electron chi connectivity index (χ0n) is 16.4. The van der Waals surface area contributed by atoms with Gasteiger partial charge in [0.25, 0.3) is 0 Å². The van der Waals surface area contributed by atoms with Gasteiger partial charge in [-0.1, -0.05) is 42.1 Å². The van der Waals surface area contributed by atoms with E-state index in [1.165, 1.54) is 23.1 Å². The maximum atomic E-state index is 12.5. The molecule has 2 heterocycles. The third-order valence-corrected chi connectivity index (χ3v) is 6.66. The van der Waals surface area contributed by atoms with Gasteiger partial charge in [-0.05, 0) is 31.7 Å². The van der Waals surface area contributed by atoms with Crippen LogP contribution in [0.2, 0.25) is 0 Å². The lowest BCUT2D eigenvalue weighted by molar-refractivity contribution is -0.113. The normalized spacial score (nSPS) is 12.4. The number of ether oxygens (including phenoxy) is 1. The van der Waals surface area contributed by atoms with E-state index < -0.39 is 0 Å². The third kappa shape index (κ3) is 4.52. The molecule has 0 unspecified atom stereocenters. The van der Waals surface area contributed by atoms with Crippen molar-refractivity contribution < 1.29 is 14.3 Å². The number of aromatic nitrogens is 3. The molecule has 1 aliphatic rings. The fourth-order valence-electron chi connectivity index (χ4n) is 3.28. The van der Waals surface area contributed by atoms with Gasteiger partial charge in [0.1, 0.15) is 10.7 Å². The Hall–Kier alpha value is -2.78. The minimum Gasteiger partial charge on any atom is -0.462 e. The summed E-state index contributed by atoms with van der Waals surface area (Å²) in [5.41, 5.74) is 3.14. The van der Waals surface area contributed by atoms with E-state index in [0.717, 1.165) is 35.3 Å². The van der Waals surface area contributed by atoms with E-state index in [9.17, 15) is 9.59 Å². The molecule has 2 aromatic heterocycles. The Kier molecular flexibility index (Phi) is 6.39. The summed E-state index contributed by atoms with van der Waals surface area (Å²) in [6, 6.07) is 9.66. The fourth-order valence-corrected chi connectivity index (χ4v) is 5.13. The zero-order chi connectivity index (χ0) is 20.9. The predicted molar refractivity (Wildman–Crippen MR) is 117 cm³/mol. The summed E-state index contributed by atoms with van der Waals surface area (Å²) < 4.78 is 5.19. The van der Waals surface area contributed by atoms with E-state index in [1.54, 1.807) is 13.1 Å². The molecule has 0 radical (unpaired) electrons. The molecule has 0 aliphatic heterocycles. The van der Waals surface area contributed by atoms with Gasteiger partial charge < -0.3 is 10.1 Å². The van der Waals surface area contributed by atoms with Crippen LogP contribution in [0, 0.1) is 0 Å². The number of thioether (sulfide) groups is 1. The lowest BCUT2D eigenvalue weighted by atomic mass is 10.1. The van der Waals surface area contributed by atoms with E-state index in [2.05, 4.69) is 20.5 Å². The molecule has 9 heteroatoms. The Balaban J connectivity index is 1.39. The maximum Gasteiger partial charge on any atom is 0.341 e. The van der Waals surface area contributed by atoms with E-state index in [0.29, 0.717) is 28.0 Å². The first kappa shape index (κ1) is 20.5. The third-order valence-electron chi connectivity index (χ3n) is 4.60. The standard InChI is InChI=1S/C21H20N4O3S2/c1-2-28-20(27)18-14-9-6-10-16(14)30-19(18)23-17(26)12-29-21-22-11-15(24-25-21)13-7-4-3-5-8-13/h3-5,7-8,11H,2,6,9-10,12H2,1H3,(H,23,26). The van der Waals surface area contributed by atoms with Gasteiger partial charge in [-0.3, -0.25) is 4.79 Å². The van der Waals surface area contributed by atoms with E-state index in [4.69, 9.17) is 4.74 Å². The van der Waals surface area contributed by atoms with Crippen LogP contribution < -0.4 is 5.32 Å². The number of benzene rings is 1. The number of carbonyl (C=O) groups is 2. The SMILES string of the molecule is CCOC(=O)c1c(NC(=O)CSc2ncc(-c3ccccc3)nn2)sc2c1CCC2. The molecule has 1 N–H and O–H groups in total. The minimum absolute atomic E-state index is 0.122. The van der Waals surface area contributed by atoms with Crippen LogP contribution in [0.5, 0.6) is 0 Å². The second-order valence-electron chi connectivity index (χ2n) is 6.61. The lowest BCUT2D eigenvalue weighted by Gasteiger charge is -2.07. The number of nitrogens with zero attached hydrogens (tertiary/aromatic N) is 3. The Morgan fingerprint density at radius 2 is 2.03 bits per heavy atom. The predicted octanol–water partition coefficient (Wildman–Crippen LogP) is 4.00. The zero-order valence-corrected chi connectivity index (χ0v) is 18.0. The number of amides is 1. The Bertz CT molecular complexity index is 1050. The Morgan fingerprint density at radius 1 is 1.20 bits per heavy atom. The van der Waals surface area contributed by atoms with Gasteiger partial charge in [0.15, 0.2) is 0 Å². The van der Waals surface area contributed by atoms with E-state index in [1.807, 2.05) is 30.3 Å². The summed E-state index contributed by atoms with van der Waals surface area (Å²) in [7, 11) is 0. The number of nitrogens with one attached hydrogen (secondary N) is 1. The average Bonchev–Trinajstić information content (AvgIpc) is 3.34. The summed E-state index contributed by atoms with van der Waals surface area (Å²) >= 11 is 2.67. The van der Waals surface area contributed by atoms with Gasteiger partial charge in [-0.25, -0.2) is 9.78 Å². The first-order valence-corrected chi connectivity index (χ1v) is 11.5. The summed E-state index contributed by atoms with van der Waals surface area (Å²) in [4.78, 5) is 30.3. The molecule has 1 amide bonds. The summed E-state index contributed by atoms with van der Waals surface area (Å²) in [5.74, 6) is -0.470. The average molecular weight is 441 g/mol. The first-order chi connectivity index (χ1) is 14.7. The van der Waals surface area contributed by atoms with Gasteiger partial charge in [0.05, 0.1) is 24.1 Å². The lowest BCUT2D eigenvalue weighted by Crippen LogP contribution is -2.17. The van der Waals surface area contributed by atoms with Crippen LogP contribution in [0.1, 0.15) is 34.1 Å². The van der Waals surface area contributed by atoms with Crippen molar-refractivity contribution in [3.8, 4) is 11.3 Å². The number of esters is 1. The highest BCUT2D eigenvalue weighted by molar-refractivity contribution is 7.99. The molecule has 30 heavy (non-hydrogen) atoms. The number of carbonyl (C=O) groups excluding carboxylic acids is 2. The van der Waals surface area contributed by atoms with E-state index >= 15 is 0 Å². The highest BCUT2D eigenvalue weighted by atomic mass is 32.2. The van der Waals surface area contributed by atoms with Crippen LogP contribution in [0.25, 0.3) is 11.3 Å². The number of hydrogen-bond acceptors (Lipinski definition) is 8. The molecular formula is C21H20N4O3S2. The number of fused-ring (bicyclic) bond motifs is 1. The van der Waals surface area contributed by atoms with Crippen LogP contribution >= 0.6 is 23.1 Å². The maximum absolute atomic E-state index is 12.5. The van der Waals surface area contributed by atoms with Gasteiger partial charge in [-0.15, -0.1) is 21.5 Å². The van der Waals surface area contributed by atoms with Gasteiger partial charge >= 0.3 is 5.97 Å². The molecule has 3 aromatic rings. The van der Waals surface area contributed by atoms with E-state index in [-0.39, 0.29) is 17.6 Å². The fraction of sp³-hybridized carbons (Fsp3) is 0.286. The minimum atomic E-state index is -0.371. The van der Waals surface area contributed by atoms with Gasteiger partial charge in [-0.2, -0.15) is 0 Å². The molecule has 154 valence electrons. The van der Waals surface area contributed by atoms with Crippen LogP contribution in [0.3, 0.4) is 0 Å². The Labute approximate surface area is 182 Å². The van der Waals surface area contributed by atoms with Crippen molar-refractivity contribution >= 4 is 40.0 Å². The molecule has 4 rings (SSSR count). The molecule has 0 saturated heterocycles. The molecular weight excluding hydrogens is 420 g/mol. The van der Waals surface area contributed by atoms with Gasteiger partial charge in [0.2, 0.25) is 11.1 Å². The van der Waals surface area contributed by atoms with Crippen LogP contribution in [-0.4, -0.2) is 39.4 Å². The van der Waals surface area contributed by atoms with Crippen LogP contribution in [0.15, 0.2) is 41.7 Å². The second kappa shape index (κ2) is 9.36. The van der Waals surface area contributed by atoms with Crippen LogP contribution in [-0.2, 0) is 22.4 Å². The molecule has 0 spiro atoms. The van der Waals surface area contributed by atoms with Crippen molar-refractivity contribution in [3.63, 3.8) is 0 Å². The summed E-state index contributed by atoms with van der Waals surface area (Å²) in [6.45, 7) is 2.08. The topological polar surface area (TPSA) is 94.1 Å². The van der Waals surface area contributed by atoms with Crippen molar-refractivity contribution in [2.24, 2.45) is 0 Å². The van der Waals surface area contributed by atoms with Crippen molar-refractivity contribution in [2.75, 3.05) is 17.7 Å². The molecule has 0 bridgehead atoms. The van der Waals surface area contributed by atoms with Crippen LogP contribution in [0.4, 0.5) is 5.00 Å². The monoisotopic (exact) mass is 440 g/mol.